The zero-order valence-corrected chi connectivity index (χ0v) is 15.9. The zero-order chi connectivity index (χ0) is 20.1. The van der Waals surface area contributed by atoms with Crippen LogP contribution in [0.4, 0.5) is 0 Å². The summed E-state index contributed by atoms with van der Waals surface area (Å²) in [6, 6.07) is 9.52. The zero-order valence-electron chi connectivity index (χ0n) is 15.9. The van der Waals surface area contributed by atoms with Gasteiger partial charge >= 0.3 is 5.97 Å². The van der Waals surface area contributed by atoms with Gasteiger partial charge in [0, 0.05) is 13.1 Å². The summed E-state index contributed by atoms with van der Waals surface area (Å²) in [6.45, 7) is 1.89. The minimum atomic E-state index is -0.752. The first-order valence-corrected chi connectivity index (χ1v) is 9.48. The second-order valence-electron chi connectivity index (χ2n) is 6.97. The van der Waals surface area contributed by atoms with Crippen molar-refractivity contribution in [2.45, 2.75) is 26.3 Å². The van der Waals surface area contributed by atoms with Gasteiger partial charge in [0.15, 0.2) is 6.61 Å². The Kier molecular flexibility index (Phi) is 6.23. The van der Waals surface area contributed by atoms with Gasteiger partial charge in [-0.05, 0) is 25.3 Å². The number of hydrogen-bond donors (Lipinski definition) is 0. The minimum absolute atomic E-state index is 0.323. The van der Waals surface area contributed by atoms with Crippen LogP contribution < -0.4 is 0 Å². The standard InChI is InChI=1S/C21H24N2O5/c1-2-22(12-15-8-4-3-5-9-15)18(24)14-28-19(25)13-23-20(26)16-10-6-7-11-17(16)21(23)27/h3-9,16-17H,2,10-14H2,1H3. The quantitative estimate of drug-likeness (QED) is 0.404. The maximum absolute atomic E-state index is 12.4. The molecule has 2 atom stereocenters. The molecule has 1 aliphatic heterocycles. The van der Waals surface area contributed by atoms with Crippen LogP contribution >= 0.6 is 0 Å². The average molecular weight is 384 g/mol. The number of fused-ring (bicyclic) bond motifs is 1. The first-order valence-electron chi connectivity index (χ1n) is 9.48. The molecule has 2 aliphatic rings. The molecular weight excluding hydrogens is 360 g/mol. The van der Waals surface area contributed by atoms with Gasteiger partial charge in [-0.1, -0.05) is 42.5 Å². The largest absolute Gasteiger partial charge is 0.454 e. The van der Waals surface area contributed by atoms with E-state index in [9.17, 15) is 19.2 Å². The van der Waals surface area contributed by atoms with Crippen LogP contribution in [0.1, 0.15) is 25.3 Å². The highest BCUT2D eigenvalue weighted by Gasteiger charge is 2.47. The van der Waals surface area contributed by atoms with Gasteiger partial charge in [-0.15, -0.1) is 0 Å². The Balaban J connectivity index is 1.50. The molecule has 28 heavy (non-hydrogen) atoms. The van der Waals surface area contributed by atoms with Crippen molar-refractivity contribution in [2.24, 2.45) is 11.8 Å². The maximum atomic E-state index is 12.4. The highest BCUT2D eigenvalue weighted by molar-refractivity contribution is 6.07. The van der Waals surface area contributed by atoms with Crippen LogP contribution in [0.5, 0.6) is 0 Å². The molecule has 1 aliphatic carbocycles. The molecule has 0 bridgehead atoms. The molecule has 3 rings (SSSR count). The van der Waals surface area contributed by atoms with E-state index in [0.29, 0.717) is 25.9 Å². The average Bonchev–Trinajstić information content (AvgIpc) is 2.96. The molecule has 1 aromatic carbocycles. The van der Waals surface area contributed by atoms with E-state index in [4.69, 9.17) is 4.74 Å². The van der Waals surface area contributed by atoms with E-state index < -0.39 is 19.1 Å². The Morgan fingerprint density at radius 2 is 1.68 bits per heavy atom. The molecule has 1 heterocycles. The summed E-state index contributed by atoms with van der Waals surface area (Å²) in [5.41, 5.74) is 0.980. The predicted octanol–water partition coefficient (Wildman–Crippen LogP) is 1.53. The number of ether oxygens (including phenoxy) is 1. The Hall–Kier alpha value is -2.96. The van der Waals surface area contributed by atoms with Crippen LogP contribution in [-0.4, -0.2) is 53.2 Å². The van der Waals surface area contributed by atoms with Crippen molar-refractivity contribution in [1.82, 2.24) is 9.80 Å². The number of likely N-dealkylation sites (tertiary alicyclic amines) is 1. The van der Waals surface area contributed by atoms with Crippen molar-refractivity contribution < 1.29 is 23.9 Å². The fraction of sp³-hybridized carbons (Fsp3) is 0.429. The van der Waals surface area contributed by atoms with E-state index >= 15 is 0 Å². The maximum Gasteiger partial charge on any atom is 0.326 e. The van der Waals surface area contributed by atoms with Crippen LogP contribution in [0.25, 0.3) is 0 Å². The second kappa shape index (κ2) is 8.82. The van der Waals surface area contributed by atoms with Gasteiger partial charge in [0.1, 0.15) is 6.54 Å². The highest BCUT2D eigenvalue weighted by atomic mass is 16.5. The van der Waals surface area contributed by atoms with Gasteiger partial charge in [-0.25, -0.2) is 0 Å². The lowest BCUT2D eigenvalue weighted by Crippen LogP contribution is -2.39. The number of nitrogens with zero attached hydrogens (tertiary/aromatic N) is 2. The van der Waals surface area contributed by atoms with E-state index in [1.54, 1.807) is 4.90 Å². The van der Waals surface area contributed by atoms with E-state index in [1.165, 1.54) is 0 Å². The normalized spacial score (nSPS) is 20.8. The number of benzene rings is 1. The van der Waals surface area contributed by atoms with Crippen LogP contribution in [0, 0.1) is 11.8 Å². The molecule has 0 radical (unpaired) electrons. The molecular formula is C21H24N2O5. The number of carbonyl (C=O) groups excluding carboxylic acids is 4. The van der Waals surface area contributed by atoms with E-state index in [0.717, 1.165) is 10.5 Å². The molecule has 0 saturated carbocycles. The minimum Gasteiger partial charge on any atom is -0.454 e. The molecule has 1 fully saturated rings. The van der Waals surface area contributed by atoms with Crippen LogP contribution in [-0.2, 0) is 30.5 Å². The number of carbonyl (C=O) groups is 4. The number of allylic oxidation sites excluding steroid dienone is 2. The number of esters is 1. The number of hydrogen-bond acceptors (Lipinski definition) is 5. The molecule has 0 aromatic heterocycles. The third-order valence-electron chi connectivity index (χ3n) is 5.19. The molecule has 2 unspecified atom stereocenters. The molecule has 7 nitrogen and oxygen atoms in total. The molecule has 1 saturated heterocycles. The van der Waals surface area contributed by atoms with Gasteiger partial charge in [-0.3, -0.25) is 24.1 Å². The summed E-state index contributed by atoms with van der Waals surface area (Å²) < 4.78 is 5.04. The predicted molar refractivity (Wildman–Crippen MR) is 101 cm³/mol. The third-order valence-corrected chi connectivity index (χ3v) is 5.19. The SMILES string of the molecule is CCN(Cc1ccccc1)C(=O)COC(=O)CN1C(=O)C2CC=CCC2C1=O. The van der Waals surface area contributed by atoms with Gasteiger partial charge in [-0.2, -0.15) is 0 Å². The Morgan fingerprint density at radius 3 is 2.25 bits per heavy atom. The summed E-state index contributed by atoms with van der Waals surface area (Å²) in [5.74, 6) is -2.50. The number of likely N-dealkylation sites (N-methyl/N-ethyl adjacent to an activating group) is 1. The van der Waals surface area contributed by atoms with Gasteiger partial charge in [0.2, 0.25) is 11.8 Å². The van der Waals surface area contributed by atoms with E-state index in [-0.39, 0.29) is 29.6 Å². The summed E-state index contributed by atoms with van der Waals surface area (Å²) in [6.07, 6.45) is 4.81. The summed E-state index contributed by atoms with van der Waals surface area (Å²) in [5, 5.41) is 0. The van der Waals surface area contributed by atoms with E-state index in [2.05, 4.69) is 0 Å². The molecule has 148 valence electrons. The van der Waals surface area contributed by atoms with Crippen molar-refractivity contribution in [1.29, 1.82) is 0 Å². The topological polar surface area (TPSA) is 84.0 Å². The van der Waals surface area contributed by atoms with Crippen molar-refractivity contribution in [2.75, 3.05) is 19.7 Å². The van der Waals surface area contributed by atoms with Gasteiger partial charge < -0.3 is 9.64 Å². The molecule has 0 N–H and O–H groups in total. The van der Waals surface area contributed by atoms with E-state index in [1.807, 2.05) is 49.4 Å². The van der Waals surface area contributed by atoms with Gasteiger partial charge in [0.05, 0.1) is 11.8 Å². The van der Waals surface area contributed by atoms with Crippen molar-refractivity contribution in [3.05, 3.63) is 48.0 Å². The highest BCUT2D eigenvalue weighted by Crippen LogP contribution is 2.34. The second-order valence-corrected chi connectivity index (χ2v) is 6.97. The van der Waals surface area contributed by atoms with Crippen LogP contribution in [0.15, 0.2) is 42.5 Å². The Labute approximate surface area is 163 Å². The number of amides is 3. The fourth-order valence-corrected chi connectivity index (χ4v) is 3.61. The first-order chi connectivity index (χ1) is 13.5. The number of rotatable bonds is 7. The fourth-order valence-electron chi connectivity index (χ4n) is 3.61. The lowest BCUT2D eigenvalue weighted by atomic mass is 9.85. The summed E-state index contributed by atoms with van der Waals surface area (Å²) in [7, 11) is 0. The first kappa shape index (κ1) is 19.8. The Morgan fingerprint density at radius 1 is 1.07 bits per heavy atom. The monoisotopic (exact) mass is 384 g/mol. The molecule has 3 amide bonds. The number of imide groups is 1. The summed E-state index contributed by atoms with van der Waals surface area (Å²) in [4.78, 5) is 51.7. The Bertz CT molecular complexity index is 763. The lowest BCUT2D eigenvalue weighted by molar-refractivity contribution is -0.156. The molecule has 0 spiro atoms. The van der Waals surface area contributed by atoms with Gasteiger partial charge in [0.25, 0.3) is 5.91 Å². The molecule has 1 aromatic rings. The van der Waals surface area contributed by atoms with Crippen molar-refractivity contribution in [3.63, 3.8) is 0 Å². The summed E-state index contributed by atoms with van der Waals surface area (Å²) >= 11 is 0. The molecule has 7 heteroatoms. The smallest absolute Gasteiger partial charge is 0.326 e. The van der Waals surface area contributed by atoms with Crippen LogP contribution in [0.2, 0.25) is 0 Å². The van der Waals surface area contributed by atoms with Crippen LogP contribution in [0.3, 0.4) is 0 Å². The lowest BCUT2D eigenvalue weighted by Gasteiger charge is -2.21. The third kappa shape index (κ3) is 4.30. The van der Waals surface area contributed by atoms with Crippen molar-refractivity contribution in [3.8, 4) is 0 Å². The van der Waals surface area contributed by atoms with Crippen molar-refractivity contribution >= 4 is 23.7 Å².